The summed E-state index contributed by atoms with van der Waals surface area (Å²) in [5, 5.41) is 13.3. The number of ether oxygens (including phenoxy) is 1. The Morgan fingerprint density at radius 2 is 1.72 bits per heavy atom. The van der Waals surface area contributed by atoms with Crippen LogP contribution < -0.4 is 4.74 Å². The van der Waals surface area contributed by atoms with Crippen LogP contribution in [0.5, 0.6) is 11.6 Å². The second kappa shape index (κ2) is 6.76. The number of aromatic nitrogens is 1. The van der Waals surface area contributed by atoms with Gasteiger partial charge in [-0.1, -0.05) is 48.5 Å². The average Bonchev–Trinajstić information content (AvgIpc) is 3.46. The summed E-state index contributed by atoms with van der Waals surface area (Å²) in [5.74, 6) is 0.211. The number of benzene rings is 2. The predicted molar refractivity (Wildman–Crippen MR) is 114 cm³/mol. The molecule has 2 aromatic heterocycles. The number of aliphatic imine (C=N–C) groups is 1. The number of nitrogens with zero attached hydrogens (tertiary/aromatic N) is 2. The van der Waals surface area contributed by atoms with Crippen LogP contribution in [0.4, 0.5) is 0 Å². The van der Waals surface area contributed by atoms with Gasteiger partial charge in [0.1, 0.15) is 5.75 Å². The highest BCUT2D eigenvalue weighted by atomic mass is 32.1. The summed E-state index contributed by atoms with van der Waals surface area (Å²) in [7, 11) is 1.58. The van der Waals surface area contributed by atoms with Crippen LogP contribution in [0.2, 0.25) is 0 Å². The second-order valence-corrected chi connectivity index (χ2v) is 7.49. The maximum absolute atomic E-state index is 13.0. The van der Waals surface area contributed by atoms with Gasteiger partial charge in [-0.05, 0) is 29.1 Å². The number of aromatic hydroxyl groups is 1. The van der Waals surface area contributed by atoms with Crippen LogP contribution in [0.3, 0.4) is 0 Å². The van der Waals surface area contributed by atoms with E-state index in [0.29, 0.717) is 34.0 Å². The van der Waals surface area contributed by atoms with Gasteiger partial charge in [0, 0.05) is 0 Å². The first kappa shape index (κ1) is 17.5. The number of hydrogen-bond acceptors (Lipinski definition) is 4. The molecule has 0 radical (unpaired) electrons. The third-order valence-electron chi connectivity index (χ3n) is 4.94. The van der Waals surface area contributed by atoms with Crippen LogP contribution in [-0.4, -0.2) is 28.4 Å². The quantitative estimate of drug-likeness (QED) is 0.529. The molecule has 0 saturated heterocycles. The number of rotatable bonds is 4. The van der Waals surface area contributed by atoms with Crippen molar-refractivity contribution in [2.45, 2.75) is 0 Å². The zero-order valence-electron chi connectivity index (χ0n) is 15.5. The molecular formula is C23H16N2O3S. The third kappa shape index (κ3) is 2.61. The van der Waals surface area contributed by atoms with Gasteiger partial charge >= 0.3 is 0 Å². The lowest BCUT2D eigenvalue weighted by molar-refractivity contribution is 0.101. The summed E-state index contributed by atoms with van der Waals surface area (Å²) in [6.45, 7) is 0. The lowest BCUT2D eigenvalue weighted by Gasteiger charge is -2.15. The molecule has 2 aromatic carbocycles. The van der Waals surface area contributed by atoms with Gasteiger partial charge in [0.05, 0.1) is 40.2 Å². The molecule has 29 heavy (non-hydrogen) atoms. The monoisotopic (exact) mass is 400 g/mol. The Morgan fingerprint density at radius 3 is 2.45 bits per heavy atom. The Hall–Kier alpha value is -3.64. The Balaban J connectivity index is 1.87. The Kier molecular flexibility index (Phi) is 4.07. The van der Waals surface area contributed by atoms with Gasteiger partial charge in [0.2, 0.25) is 5.88 Å². The van der Waals surface area contributed by atoms with Crippen molar-refractivity contribution in [2.24, 2.45) is 4.99 Å². The molecule has 3 heterocycles. The van der Waals surface area contributed by atoms with Crippen molar-refractivity contribution in [2.75, 3.05) is 7.11 Å². The van der Waals surface area contributed by atoms with E-state index in [4.69, 9.17) is 4.74 Å². The second-order valence-electron chi connectivity index (χ2n) is 6.54. The van der Waals surface area contributed by atoms with Gasteiger partial charge in [0.15, 0.2) is 0 Å². The molecule has 142 valence electrons. The van der Waals surface area contributed by atoms with E-state index < -0.39 is 0 Å². The largest absolute Gasteiger partial charge is 0.495 e. The zero-order chi connectivity index (χ0) is 20.0. The lowest BCUT2D eigenvalue weighted by Crippen LogP contribution is -2.03. The van der Waals surface area contributed by atoms with Crippen LogP contribution in [0.15, 0.2) is 77.1 Å². The molecule has 0 spiro atoms. The predicted octanol–water partition coefficient (Wildman–Crippen LogP) is 4.91. The molecule has 0 unspecified atom stereocenters. The first-order chi connectivity index (χ1) is 14.2. The topological polar surface area (TPSA) is 63.8 Å². The summed E-state index contributed by atoms with van der Waals surface area (Å²) in [6.07, 6.45) is 0. The zero-order valence-corrected chi connectivity index (χ0v) is 16.3. The van der Waals surface area contributed by atoms with E-state index in [1.807, 2.05) is 72.1 Å². The van der Waals surface area contributed by atoms with Gasteiger partial charge in [-0.15, -0.1) is 11.3 Å². The molecule has 0 atom stereocenters. The van der Waals surface area contributed by atoms with Crippen LogP contribution >= 0.6 is 11.3 Å². The summed E-state index contributed by atoms with van der Waals surface area (Å²) < 4.78 is 7.21. The van der Waals surface area contributed by atoms with Gasteiger partial charge in [-0.3, -0.25) is 9.36 Å². The molecule has 4 aromatic rings. The molecule has 0 bridgehead atoms. The summed E-state index contributed by atoms with van der Waals surface area (Å²) in [4.78, 5) is 18.1. The van der Waals surface area contributed by atoms with E-state index in [-0.39, 0.29) is 11.8 Å². The fraction of sp³-hybridized carbons (Fsp3) is 0.0435. The van der Waals surface area contributed by atoms with Crippen molar-refractivity contribution >= 4 is 23.0 Å². The summed E-state index contributed by atoms with van der Waals surface area (Å²) >= 11 is 1.48. The van der Waals surface area contributed by atoms with Crippen LogP contribution in [0, 0.1) is 0 Å². The van der Waals surface area contributed by atoms with Gasteiger partial charge < -0.3 is 9.84 Å². The van der Waals surface area contributed by atoms with Crippen molar-refractivity contribution in [3.05, 3.63) is 88.1 Å². The Bertz CT molecular complexity index is 1260. The highest BCUT2D eigenvalue weighted by Gasteiger charge is 2.37. The van der Waals surface area contributed by atoms with Gasteiger partial charge in [-0.25, -0.2) is 4.99 Å². The number of amides is 1. The molecule has 5 rings (SSSR count). The minimum absolute atomic E-state index is 0.0265. The molecule has 0 saturated carbocycles. The first-order valence-corrected chi connectivity index (χ1v) is 9.92. The van der Waals surface area contributed by atoms with Crippen molar-refractivity contribution in [1.82, 2.24) is 4.57 Å². The molecule has 1 aliphatic rings. The van der Waals surface area contributed by atoms with E-state index in [9.17, 15) is 9.90 Å². The molecule has 6 heteroatoms. The minimum atomic E-state index is -0.355. The normalized spacial score (nSPS) is 12.7. The van der Waals surface area contributed by atoms with Crippen molar-refractivity contribution < 1.29 is 14.6 Å². The van der Waals surface area contributed by atoms with Gasteiger partial charge in [0.25, 0.3) is 5.91 Å². The number of fused-ring (bicyclic) bond motifs is 1. The number of thiophene rings is 1. The number of carbonyl (C=O) groups is 1. The van der Waals surface area contributed by atoms with E-state index in [0.717, 1.165) is 10.4 Å². The highest BCUT2D eigenvalue weighted by Crippen LogP contribution is 2.44. The first-order valence-electron chi connectivity index (χ1n) is 9.04. The maximum atomic E-state index is 13.0. The van der Waals surface area contributed by atoms with Crippen molar-refractivity contribution in [3.8, 4) is 28.6 Å². The molecule has 1 aliphatic heterocycles. The van der Waals surface area contributed by atoms with Crippen molar-refractivity contribution in [1.29, 1.82) is 0 Å². The fourth-order valence-electron chi connectivity index (χ4n) is 3.72. The van der Waals surface area contributed by atoms with Gasteiger partial charge in [-0.2, -0.15) is 0 Å². The average molecular weight is 400 g/mol. The fourth-order valence-corrected chi connectivity index (χ4v) is 4.44. The van der Waals surface area contributed by atoms with Crippen LogP contribution in [-0.2, 0) is 0 Å². The molecular weight excluding hydrogens is 384 g/mol. The van der Waals surface area contributed by atoms with Crippen LogP contribution in [0.25, 0.3) is 16.9 Å². The number of para-hydroxylation sites is 2. The molecule has 5 nitrogen and oxygen atoms in total. The minimum Gasteiger partial charge on any atom is -0.495 e. The smallest absolute Gasteiger partial charge is 0.280 e. The molecule has 0 fully saturated rings. The van der Waals surface area contributed by atoms with E-state index in [2.05, 4.69) is 4.99 Å². The third-order valence-corrected chi connectivity index (χ3v) is 5.81. The van der Waals surface area contributed by atoms with Crippen molar-refractivity contribution in [3.63, 3.8) is 0 Å². The number of methoxy groups -OCH3 is 1. The number of hydrogen-bond donors (Lipinski definition) is 1. The number of carbonyl (C=O) groups excluding carboxylic acids is 1. The van der Waals surface area contributed by atoms with E-state index >= 15 is 0 Å². The highest BCUT2D eigenvalue weighted by molar-refractivity contribution is 7.12. The summed E-state index contributed by atoms with van der Waals surface area (Å²) in [5.41, 5.74) is 3.43. The Labute approximate surface area is 171 Å². The maximum Gasteiger partial charge on any atom is 0.280 e. The van der Waals surface area contributed by atoms with E-state index in [1.54, 1.807) is 11.7 Å². The summed E-state index contributed by atoms with van der Waals surface area (Å²) in [6, 6.07) is 20.8. The SMILES string of the molecule is COc1ccccc1-n1c(O)c2c(c1-c1ccccc1)C(=O)N=C2c1cccs1. The molecule has 0 aliphatic carbocycles. The Morgan fingerprint density at radius 1 is 0.966 bits per heavy atom. The van der Waals surface area contributed by atoms with Crippen LogP contribution in [0.1, 0.15) is 20.8 Å². The molecule has 1 N–H and O–H groups in total. The van der Waals surface area contributed by atoms with E-state index in [1.165, 1.54) is 11.3 Å². The standard InChI is InChI=1S/C23H16N2O3S/c1-28-16-11-6-5-10-15(16)25-21(14-8-3-2-4-9-14)19-18(23(25)27)20(24-22(19)26)17-12-7-13-29-17/h2-13,27H,1H3. The molecule has 1 amide bonds. The lowest BCUT2D eigenvalue weighted by atomic mass is 10.0.